The summed E-state index contributed by atoms with van der Waals surface area (Å²) in [5.41, 5.74) is 1.29. The largest absolute Gasteiger partial charge is 0.444 e. The standard InChI is InChI=1S/C30H42N4O2S/c1-29(2,3)36-28(35)33-22-15-30(16-23-33)13-20-32(21-14-30)18-7-4-8-19-34-24-10-5-6-11-25(24)37-26-12-9-17-31-27(26)34/h5-6,9-12,17H,4,7-8,13-16,18-23H2,1-3H3. The molecule has 0 saturated carbocycles. The van der Waals surface area contributed by atoms with Crippen molar-refractivity contribution in [3.05, 3.63) is 42.6 Å². The summed E-state index contributed by atoms with van der Waals surface area (Å²) in [7, 11) is 0. The number of piperidine rings is 2. The van der Waals surface area contributed by atoms with Gasteiger partial charge in [0.15, 0.2) is 0 Å². The van der Waals surface area contributed by atoms with Crippen molar-refractivity contribution < 1.29 is 9.53 Å². The first-order chi connectivity index (χ1) is 17.8. The van der Waals surface area contributed by atoms with Crippen LogP contribution < -0.4 is 4.90 Å². The van der Waals surface area contributed by atoms with Crippen LogP contribution in [0.2, 0.25) is 0 Å². The van der Waals surface area contributed by atoms with Crippen LogP contribution in [0.1, 0.15) is 65.7 Å². The summed E-state index contributed by atoms with van der Waals surface area (Å²) in [6.45, 7) is 12.1. The van der Waals surface area contributed by atoms with E-state index in [1.165, 1.54) is 67.2 Å². The molecule has 1 aromatic heterocycles. The highest BCUT2D eigenvalue weighted by molar-refractivity contribution is 7.99. The van der Waals surface area contributed by atoms with Gasteiger partial charge in [0.2, 0.25) is 0 Å². The third-order valence-electron chi connectivity index (χ3n) is 8.13. The number of amides is 1. The van der Waals surface area contributed by atoms with Gasteiger partial charge in [0.05, 0.1) is 10.6 Å². The number of likely N-dealkylation sites (tertiary alicyclic amines) is 2. The number of anilines is 2. The lowest BCUT2D eigenvalue weighted by Gasteiger charge is -2.47. The van der Waals surface area contributed by atoms with E-state index >= 15 is 0 Å². The molecule has 0 N–H and O–H groups in total. The second-order valence-electron chi connectivity index (χ2n) is 11.9. The lowest BCUT2D eigenvalue weighted by atomic mass is 9.71. The number of ether oxygens (including phenoxy) is 1. The van der Waals surface area contributed by atoms with Crippen molar-refractivity contribution in [1.29, 1.82) is 0 Å². The van der Waals surface area contributed by atoms with E-state index in [1.54, 1.807) is 0 Å². The molecule has 2 saturated heterocycles. The Morgan fingerprint density at radius 3 is 2.35 bits per heavy atom. The lowest BCUT2D eigenvalue weighted by Crippen LogP contribution is -2.49. The fraction of sp³-hybridized carbons (Fsp3) is 0.600. The van der Waals surface area contributed by atoms with Crippen LogP contribution in [0.25, 0.3) is 0 Å². The number of nitrogens with zero attached hydrogens (tertiary/aromatic N) is 4. The van der Waals surface area contributed by atoms with Gasteiger partial charge in [0.1, 0.15) is 11.4 Å². The number of para-hydroxylation sites is 1. The van der Waals surface area contributed by atoms with E-state index in [9.17, 15) is 4.79 Å². The smallest absolute Gasteiger partial charge is 0.410 e. The van der Waals surface area contributed by atoms with Crippen molar-refractivity contribution in [3.63, 3.8) is 0 Å². The van der Waals surface area contributed by atoms with Gasteiger partial charge in [-0.3, -0.25) is 0 Å². The first kappa shape index (κ1) is 26.4. The van der Waals surface area contributed by atoms with E-state index in [0.29, 0.717) is 5.41 Å². The molecule has 1 spiro atoms. The predicted molar refractivity (Wildman–Crippen MR) is 151 cm³/mol. The number of fused-ring (bicyclic) bond motifs is 2. The molecule has 2 aromatic rings. The van der Waals surface area contributed by atoms with E-state index in [2.05, 4.69) is 40.1 Å². The number of rotatable bonds is 6. The summed E-state index contributed by atoms with van der Waals surface area (Å²) in [4.78, 5) is 26.7. The highest BCUT2D eigenvalue weighted by atomic mass is 32.2. The fourth-order valence-electron chi connectivity index (χ4n) is 5.91. The van der Waals surface area contributed by atoms with Crippen molar-refractivity contribution in [2.24, 2.45) is 5.41 Å². The zero-order valence-electron chi connectivity index (χ0n) is 22.7. The summed E-state index contributed by atoms with van der Waals surface area (Å²) in [6.07, 6.45) is 10.2. The van der Waals surface area contributed by atoms with Gasteiger partial charge in [-0.1, -0.05) is 30.3 Å². The molecule has 200 valence electrons. The summed E-state index contributed by atoms with van der Waals surface area (Å²) in [5.74, 6) is 1.10. The number of benzene rings is 1. The number of hydrogen-bond donors (Lipinski definition) is 0. The van der Waals surface area contributed by atoms with E-state index < -0.39 is 5.60 Å². The third-order valence-corrected chi connectivity index (χ3v) is 9.23. The van der Waals surface area contributed by atoms with Crippen LogP contribution in [0.4, 0.5) is 16.3 Å². The average molecular weight is 523 g/mol. The van der Waals surface area contributed by atoms with Crippen molar-refractivity contribution in [1.82, 2.24) is 14.8 Å². The van der Waals surface area contributed by atoms with Crippen LogP contribution in [-0.2, 0) is 4.74 Å². The van der Waals surface area contributed by atoms with E-state index in [4.69, 9.17) is 9.72 Å². The van der Waals surface area contributed by atoms with Crippen molar-refractivity contribution in [3.8, 4) is 0 Å². The normalized spacial score (nSPS) is 19.4. The van der Waals surface area contributed by atoms with Gasteiger partial charge >= 0.3 is 6.09 Å². The Balaban J connectivity index is 1.03. The zero-order valence-corrected chi connectivity index (χ0v) is 23.6. The molecule has 0 aliphatic carbocycles. The van der Waals surface area contributed by atoms with Crippen LogP contribution in [0, 0.1) is 5.41 Å². The first-order valence-electron chi connectivity index (χ1n) is 14.0. The number of aromatic nitrogens is 1. The molecular weight excluding hydrogens is 480 g/mol. The molecule has 6 nitrogen and oxygen atoms in total. The fourth-order valence-corrected chi connectivity index (χ4v) is 6.98. The summed E-state index contributed by atoms with van der Waals surface area (Å²) in [5, 5.41) is 0. The second-order valence-corrected chi connectivity index (χ2v) is 13.0. The molecule has 0 atom stereocenters. The minimum Gasteiger partial charge on any atom is -0.444 e. The summed E-state index contributed by atoms with van der Waals surface area (Å²) in [6, 6.07) is 12.9. The van der Waals surface area contributed by atoms with Gasteiger partial charge in [0.25, 0.3) is 0 Å². The Bertz CT molecular complexity index is 1020. The summed E-state index contributed by atoms with van der Waals surface area (Å²) < 4.78 is 5.58. The van der Waals surface area contributed by atoms with Gasteiger partial charge in [-0.15, -0.1) is 0 Å². The molecular formula is C30H42N4O2S. The Kier molecular flexibility index (Phi) is 8.01. The molecule has 37 heavy (non-hydrogen) atoms. The Morgan fingerprint density at radius 1 is 0.919 bits per heavy atom. The molecule has 1 aromatic carbocycles. The number of unbranched alkanes of at least 4 members (excludes halogenated alkanes) is 2. The Labute approximate surface area is 226 Å². The highest BCUT2D eigenvalue weighted by Crippen LogP contribution is 2.47. The minimum atomic E-state index is -0.420. The monoisotopic (exact) mass is 522 g/mol. The highest BCUT2D eigenvalue weighted by Gasteiger charge is 2.39. The number of hydrogen-bond acceptors (Lipinski definition) is 6. The van der Waals surface area contributed by atoms with Crippen LogP contribution in [0.3, 0.4) is 0 Å². The van der Waals surface area contributed by atoms with Crippen LogP contribution in [-0.4, -0.2) is 65.7 Å². The molecule has 3 aliphatic rings. The quantitative estimate of drug-likeness (QED) is 0.382. The maximum atomic E-state index is 12.4. The van der Waals surface area contributed by atoms with E-state index in [1.807, 2.05) is 49.7 Å². The molecule has 1 amide bonds. The Hall–Kier alpha value is -2.25. The molecule has 3 aliphatic heterocycles. The topological polar surface area (TPSA) is 48.9 Å². The SMILES string of the molecule is CC(C)(C)OC(=O)N1CCC2(CCN(CCCCCN3c4ccccc4Sc4cccnc43)CC2)CC1. The lowest BCUT2D eigenvalue weighted by molar-refractivity contribution is -0.00248. The predicted octanol–water partition coefficient (Wildman–Crippen LogP) is 6.97. The molecule has 5 rings (SSSR count). The summed E-state index contributed by atoms with van der Waals surface area (Å²) >= 11 is 1.82. The molecule has 0 bridgehead atoms. The van der Waals surface area contributed by atoms with Crippen LogP contribution in [0.15, 0.2) is 52.4 Å². The van der Waals surface area contributed by atoms with Gasteiger partial charge in [-0.2, -0.15) is 0 Å². The second kappa shape index (κ2) is 11.2. The molecule has 7 heteroatoms. The minimum absolute atomic E-state index is 0.147. The maximum absolute atomic E-state index is 12.4. The molecule has 4 heterocycles. The van der Waals surface area contributed by atoms with Gasteiger partial charge in [-0.25, -0.2) is 9.78 Å². The first-order valence-corrected chi connectivity index (χ1v) is 14.8. The zero-order chi connectivity index (χ0) is 25.9. The third kappa shape index (κ3) is 6.43. The van der Waals surface area contributed by atoms with Crippen molar-refractivity contribution >= 4 is 29.4 Å². The maximum Gasteiger partial charge on any atom is 0.410 e. The van der Waals surface area contributed by atoms with E-state index in [-0.39, 0.29) is 6.09 Å². The van der Waals surface area contributed by atoms with Crippen LogP contribution in [0.5, 0.6) is 0 Å². The Morgan fingerprint density at radius 2 is 1.59 bits per heavy atom. The van der Waals surface area contributed by atoms with Gasteiger partial charge < -0.3 is 19.4 Å². The van der Waals surface area contributed by atoms with E-state index in [0.717, 1.165) is 38.3 Å². The molecule has 0 radical (unpaired) electrons. The number of carbonyl (C=O) groups is 1. The van der Waals surface area contributed by atoms with Gasteiger partial charge in [-0.05, 0) is 109 Å². The average Bonchev–Trinajstić information content (AvgIpc) is 2.88. The van der Waals surface area contributed by atoms with Crippen molar-refractivity contribution in [2.45, 2.75) is 81.1 Å². The number of carbonyl (C=O) groups excluding carboxylic acids is 1. The van der Waals surface area contributed by atoms with Crippen molar-refractivity contribution in [2.75, 3.05) is 44.2 Å². The molecule has 0 unspecified atom stereocenters. The van der Waals surface area contributed by atoms with Gasteiger partial charge in [0, 0.05) is 30.7 Å². The molecule has 2 fully saturated rings. The number of pyridine rings is 1. The van der Waals surface area contributed by atoms with Crippen LogP contribution >= 0.6 is 11.8 Å².